The zero-order valence-corrected chi connectivity index (χ0v) is 15.0. The molecule has 2 nitrogen and oxygen atoms in total. The lowest BCUT2D eigenvalue weighted by molar-refractivity contribution is 0.0901. The molecule has 1 unspecified atom stereocenters. The molecule has 2 aromatic carbocycles. The number of hydrogen-bond donors (Lipinski definition) is 1. The molecule has 1 amide bonds. The molecule has 0 saturated heterocycles. The van der Waals surface area contributed by atoms with Crippen LogP contribution in [-0.2, 0) is 0 Å². The first-order chi connectivity index (χ1) is 10.3. The van der Waals surface area contributed by atoms with Gasteiger partial charge in [-0.15, -0.1) is 0 Å². The molecule has 1 atom stereocenters. The van der Waals surface area contributed by atoms with E-state index in [1.807, 2.05) is 24.3 Å². The van der Waals surface area contributed by atoms with E-state index in [1.54, 1.807) is 12.1 Å². The van der Waals surface area contributed by atoms with Crippen molar-refractivity contribution in [2.24, 2.45) is 5.41 Å². The van der Waals surface area contributed by atoms with E-state index >= 15 is 0 Å². The molecular formula is C18H19FINO. The number of nitrogens with one attached hydrogen (secondary N) is 1. The minimum Gasteiger partial charge on any atom is -0.345 e. The maximum atomic E-state index is 13.1. The molecule has 0 radical (unpaired) electrons. The van der Waals surface area contributed by atoms with Crippen LogP contribution in [0.2, 0.25) is 0 Å². The monoisotopic (exact) mass is 411 g/mol. The number of amides is 1. The summed E-state index contributed by atoms with van der Waals surface area (Å²) in [5.41, 5.74) is 1.36. The second kappa shape index (κ2) is 6.77. The Bertz CT molecular complexity index is 662. The van der Waals surface area contributed by atoms with E-state index < -0.39 is 0 Å². The predicted octanol–water partition coefficient (Wildman–Crippen LogP) is 4.95. The van der Waals surface area contributed by atoms with E-state index in [0.29, 0.717) is 5.56 Å². The van der Waals surface area contributed by atoms with Crippen LogP contribution in [0.5, 0.6) is 0 Å². The van der Waals surface area contributed by atoms with Crippen molar-refractivity contribution in [3.63, 3.8) is 0 Å². The summed E-state index contributed by atoms with van der Waals surface area (Å²) < 4.78 is 14.0. The zero-order chi connectivity index (χ0) is 16.3. The summed E-state index contributed by atoms with van der Waals surface area (Å²) in [6.07, 6.45) is 0. The van der Waals surface area contributed by atoms with Crippen molar-refractivity contribution < 1.29 is 9.18 Å². The Kier molecular flexibility index (Phi) is 5.21. The van der Waals surface area contributed by atoms with Crippen molar-refractivity contribution in [2.45, 2.75) is 26.8 Å². The van der Waals surface area contributed by atoms with Crippen molar-refractivity contribution >= 4 is 28.5 Å². The number of halogens is 2. The SMILES string of the molecule is CC(C)(C)C(NC(=O)c1ccccc1I)c1ccc(F)cc1. The van der Waals surface area contributed by atoms with Gasteiger partial charge in [0.2, 0.25) is 0 Å². The van der Waals surface area contributed by atoms with Gasteiger partial charge in [0.15, 0.2) is 0 Å². The maximum Gasteiger partial charge on any atom is 0.252 e. The Morgan fingerprint density at radius 3 is 2.23 bits per heavy atom. The maximum absolute atomic E-state index is 13.1. The smallest absolute Gasteiger partial charge is 0.252 e. The van der Waals surface area contributed by atoms with Gasteiger partial charge in [-0.1, -0.05) is 45.0 Å². The number of hydrogen-bond acceptors (Lipinski definition) is 1. The Morgan fingerprint density at radius 1 is 1.09 bits per heavy atom. The van der Waals surface area contributed by atoms with Crippen LogP contribution in [-0.4, -0.2) is 5.91 Å². The van der Waals surface area contributed by atoms with Crippen LogP contribution in [0, 0.1) is 14.8 Å². The summed E-state index contributed by atoms with van der Waals surface area (Å²) in [5.74, 6) is -0.394. The van der Waals surface area contributed by atoms with Crippen LogP contribution in [0.15, 0.2) is 48.5 Å². The van der Waals surface area contributed by atoms with Crippen molar-refractivity contribution in [1.29, 1.82) is 0 Å². The van der Waals surface area contributed by atoms with Gasteiger partial charge in [0.05, 0.1) is 11.6 Å². The van der Waals surface area contributed by atoms with Gasteiger partial charge in [0.1, 0.15) is 5.82 Å². The Balaban J connectivity index is 2.30. The van der Waals surface area contributed by atoms with Crippen molar-refractivity contribution in [1.82, 2.24) is 5.32 Å². The molecule has 0 fully saturated rings. The molecule has 116 valence electrons. The average Bonchev–Trinajstić information content (AvgIpc) is 2.45. The fourth-order valence-electron chi connectivity index (χ4n) is 2.31. The van der Waals surface area contributed by atoms with Crippen molar-refractivity contribution in [2.75, 3.05) is 0 Å². The second-order valence-corrected chi connectivity index (χ2v) is 7.47. The number of rotatable bonds is 3. The van der Waals surface area contributed by atoms with Gasteiger partial charge in [-0.25, -0.2) is 4.39 Å². The lowest BCUT2D eigenvalue weighted by atomic mass is 9.82. The molecule has 0 aromatic heterocycles. The van der Waals surface area contributed by atoms with Crippen LogP contribution < -0.4 is 5.32 Å². The van der Waals surface area contributed by atoms with E-state index in [0.717, 1.165) is 9.13 Å². The summed E-state index contributed by atoms with van der Waals surface area (Å²) in [7, 11) is 0. The third-order valence-corrected chi connectivity index (χ3v) is 4.40. The second-order valence-electron chi connectivity index (χ2n) is 6.30. The topological polar surface area (TPSA) is 29.1 Å². The molecule has 0 aliphatic carbocycles. The summed E-state index contributed by atoms with van der Waals surface area (Å²) in [6.45, 7) is 6.16. The molecule has 0 spiro atoms. The highest BCUT2D eigenvalue weighted by molar-refractivity contribution is 14.1. The third kappa shape index (κ3) is 4.06. The molecule has 0 aliphatic rings. The fourth-order valence-corrected chi connectivity index (χ4v) is 2.94. The number of carbonyl (C=O) groups excluding carboxylic acids is 1. The van der Waals surface area contributed by atoms with Crippen LogP contribution >= 0.6 is 22.6 Å². The standard InChI is InChI=1S/C18H19FINO/c1-18(2,3)16(12-8-10-13(19)11-9-12)21-17(22)14-6-4-5-7-15(14)20/h4-11,16H,1-3H3,(H,21,22). The van der Waals surface area contributed by atoms with Crippen molar-refractivity contribution in [3.8, 4) is 0 Å². The van der Waals surface area contributed by atoms with Crippen LogP contribution in [0.1, 0.15) is 42.7 Å². The highest BCUT2D eigenvalue weighted by atomic mass is 127. The van der Waals surface area contributed by atoms with Gasteiger partial charge in [-0.3, -0.25) is 4.79 Å². The fraction of sp³-hybridized carbons (Fsp3) is 0.278. The summed E-state index contributed by atoms with van der Waals surface area (Å²) in [4.78, 5) is 12.6. The van der Waals surface area contributed by atoms with E-state index in [9.17, 15) is 9.18 Å². The molecule has 0 aliphatic heterocycles. The summed E-state index contributed by atoms with van der Waals surface area (Å²) in [6, 6.07) is 13.6. The van der Waals surface area contributed by atoms with Gasteiger partial charge in [0, 0.05) is 3.57 Å². The lowest BCUT2D eigenvalue weighted by Gasteiger charge is -2.32. The Hall–Kier alpha value is -1.43. The van der Waals surface area contributed by atoms with E-state index in [4.69, 9.17) is 0 Å². The minimum atomic E-state index is -0.277. The first-order valence-electron chi connectivity index (χ1n) is 7.10. The minimum absolute atomic E-state index is 0.116. The lowest BCUT2D eigenvalue weighted by Crippen LogP contribution is -2.37. The average molecular weight is 411 g/mol. The van der Waals surface area contributed by atoms with Gasteiger partial charge >= 0.3 is 0 Å². The van der Waals surface area contributed by atoms with Gasteiger partial charge < -0.3 is 5.32 Å². The normalized spacial score (nSPS) is 12.8. The van der Waals surface area contributed by atoms with Crippen LogP contribution in [0.4, 0.5) is 4.39 Å². The van der Waals surface area contributed by atoms with Gasteiger partial charge in [-0.2, -0.15) is 0 Å². The highest BCUT2D eigenvalue weighted by Crippen LogP contribution is 2.33. The largest absolute Gasteiger partial charge is 0.345 e. The van der Waals surface area contributed by atoms with Gasteiger partial charge in [0.25, 0.3) is 5.91 Å². The molecule has 4 heteroatoms. The first kappa shape index (κ1) is 16.9. The molecule has 22 heavy (non-hydrogen) atoms. The molecule has 1 N–H and O–H groups in total. The molecule has 0 heterocycles. The Labute approximate surface area is 144 Å². The van der Waals surface area contributed by atoms with Crippen LogP contribution in [0.25, 0.3) is 0 Å². The predicted molar refractivity (Wildman–Crippen MR) is 95.2 cm³/mol. The molecular weight excluding hydrogens is 392 g/mol. The number of carbonyl (C=O) groups is 1. The highest BCUT2D eigenvalue weighted by Gasteiger charge is 2.28. The molecule has 0 saturated carbocycles. The number of benzene rings is 2. The van der Waals surface area contributed by atoms with Crippen LogP contribution in [0.3, 0.4) is 0 Å². The molecule has 2 rings (SSSR count). The van der Waals surface area contributed by atoms with E-state index in [2.05, 4.69) is 48.7 Å². The molecule has 0 bridgehead atoms. The Morgan fingerprint density at radius 2 is 1.68 bits per heavy atom. The van der Waals surface area contributed by atoms with Gasteiger partial charge in [-0.05, 0) is 57.8 Å². The first-order valence-corrected chi connectivity index (χ1v) is 8.18. The zero-order valence-electron chi connectivity index (χ0n) is 12.9. The van der Waals surface area contributed by atoms with E-state index in [-0.39, 0.29) is 23.2 Å². The summed E-state index contributed by atoms with van der Waals surface area (Å²) in [5, 5.41) is 3.08. The quantitative estimate of drug-likeness (QED) is 0.712. The third-order valence-electron chi connectivity index (χ3n) is 3.46. The summed E-state index contributed by atoms with van der Waals surface area (Å²) >= 11 is 2.15. The van der Waals surface area contributed by atoms with E-state index in [1.165, 1.54) is 12.1 Å². The molecule has 2 aromatic rings. The van der Waals surface area contributed by atoms with Crippen molar-refractivity contribution in [3.05, 3.63) is 69.0 Å².